The molecule has 2 aromatic carbocycles. The van der Waals surface area contributed by atoms with Crippen molar-refractivity contribution in [1.29, 1.82) is 0 Å². The number of benzene rings is 2. The molecule has 0 bridgehead atoms. The van der Waals surface area contributed by atoms with Crippen LogP contribution in [0.25, 0.3) is 10.9 Å². The average Bonchev–Trinajstić information content (AvgIpc) is 3.14. The molecule has 0 radical (unpaired) electrons. The number of aryl methyl sites for hydroxylation is 2. The van der Waals surface area contributed by atoms with Gasteiger partial charge in [0.2, 0.25) is 15.9 Å². The molecule has 0 spiro atoms. The van der Waals surface area contributed by atoms with Gasteiger partial charge in [-0.05, 0) is 38.0 Å². The lowest BCUT2D eigenvalue weighted by molar-refractivity contribution is -0.126. The van der Waals surface area contributed by atoms with E-state index in [9.17, 15) is 18.0 Å². The van der Waals surface area contributed by atoms with E-state index in [4.69, 9.17) is 0 Å². The maximum absolute atomic E-state index is 12.8. The van der Waals surface area contributed by atoms with Crippen LogP contribution in [0.2, 0.25) is 0 Å². The highest BCUT2D eigenvalue weighted by atomic mass is 32.2. The lowest BCUT2D eigenvalue weighted by Gasteiger charge is -2.30. The molecular weight excluding hydrogens is 428 g/mol. The van der Waals surface area contributed by atoms with E-state index in [1.807, 2.05) is 42.8 Å². The van der Waals surface area contributed by atoms with Gasteiger partial charge in [0.25, 0.3) is 5.91 Å². The standard InChI is InChI=1S/C23H26N4O4S/c1-16-7-9-18(10-8-16)32(30,31)27-13-11-17(12-14-27)22(28)24-25-23(29)20-15-26(2)21-6-4-3-5-19(20)21/h3-10,15,17H,11-14H2,1-2H3,(H,24,28)(H,25,29). The molecule has 1 aromatic heterocycles. The molecule has 0 unspecified atom stereocenters. The summed E-state index contributed by atoms with van der Waals surface area (Å²) < 4.78 is 28.9. The number of rotatable bonds is 4. The number of carbonyl (C=O) groups is 2. The molecule has 8 nitrogen and oxygen atoms in total. The first-order valence-corrected chi connectivity index (χ1v) is 11.9. The van der Waals surface area contributed by atoms with Gasteiger partial charge < -0.3 is 4.57 Å². The zero-order chi connectivity index (χ0) is 22.9. The first-order valence-electron chi connectivity index (χ1n) is 10.5. The molecule has 9 heteroatoms. The third-order valence-electron chi connectivity index (χ3n) is 5.92. The second kappa shape index (κ2) is 8.76. The summed E-state index contributed by atoms with van der Waals surface area (Å²) in [6, 6.07) is 14.3. The summed E-state index contributed by atoms with van der Waals surface area (Å²) in [5.74, 6) is -1.08. The Morgan fingerprint density at radius 1 is 0.969 bits per heavy atom. The molecule has 2 N–H and O–H groups in total. The number of nitrogens with zero attached hydrogens (tertiary/aromatic N) is 2. The maximum atomic E-state index is 12.8. The minimum atomic E-state index is -3.58. The molecule has 0 aliphatic carbocycles. The Labute approximate surface area is 187 Å². The Bertz CT molecular complexity index is 1260. The summed E-state index contributed by atoms with van der Waals surface area (Å²) in [6.07, 6.45) is 2.50. The van der Waals surface area contributed by atoms with E-state index in [0.717, 1.165) is 16.5 Å². The molecule has 1 aliphatic heterocycles. The van der Waals surface area contributed by atoms with Crippen LogP contribution >= 0.6 is 0 Å². The van der Waals surface area contributed by atoms with E-state index < -0.39 is 15.9 Å². The molecule has 4 rings (SSSR count). The van der Waals surface area contributed by atoms with E-state index in [1.54, 1.807) is 30.5 Å². The van der Waals surface area contributed by atoms with E-state index in [-0.39, 0.29) is 29.8 Å². The normalized spacial score (nSPS) is 15.6. The van der Waals surface area contributed by atoms with E-state index in [0.29, 0.717) is 18.4 Å². The van der Waals surface area contributed by atoms with Gasteiger partial charge in [0.15, 0.2) is 0 Å². The van der Waals surface area contributed by atoms with Crippen LogP contribution in [0.1, 0.15) is 28.8 Å². The van der Waals surface area contributed by atoms with Gasteiger partial charge >= 0.3 is 0 Å². The van der Waals surface area contributed by atoms with E-state index >= 15 is 0 Å². The van der Waals surface area contributed by atoms with E-state index in [1.165, 1.54) is 4.31 Å². The van der Waals surface area contributed by atoms with Crippen molar-refractivity contribution in [3.05, 3.63) is 65.9 Å². The number of hydrazine groups is 1. The van der Waals surface area contributed by atoms with Crippen LogP contribution in [-0.4, -0.2) is 42.2 Å². The molecule has 32 heavy (non-hydrogen) atoms. The van der Waals surface area contributed by atoms with Gasteiger partial charge in [-0.3, -0.25) is 20.4 Å². The van der Waals surface area contributed by atoms with Crippen LogP contribution in [0, 0.1) is 12.8 Å². The topological polar surface area (TPSA) is 101 Å². The van der Waals surface area contributed by atoms with Gasteiger partial charge in [-0.15, -0.1) is 0 Å². The van der Waals surface area contributed by atoms with Crippen LogP contribution in [-0.2, 0) is 21.9 Å². The number of hydrogen-bond acceptors (Lipinski definition) is 4. The van der Waals surface area contributed by atoms with Crippen LogP contribution in [0.5, 0.6) is 0 Å². The molecule has 1 fully saturated rings. The predicted molar refractivity (Wildman–Crippen MR) is 121 cm³/mol. The third kappa shape index (κ3) is 4.26. The smallest absolute Gasteiger partial charge is 0.271 e. The van der Waals surface area contributed by atoms with Crippen LogP contribution < -0.4 is 10.9 Å². The molecule has 1 aliphatic rings. The Balaban J connectivity index is 1.33. The highest BCUT2D eigenvalue weighted by molar-refractivity contribution is 7.89. The maximum Gasteiger partial charge on any atom is 0.271 e. The summed E-state index contributed by atoms with van der Waals surface area (Å²) in [5.41, 5.74) is 7.38. The van der Waals surface area contributed by atoms with Gasteiger partial charge in [0.05, 0.1) is 10.5 Å². The predicted octanol–water partition coefficient (Wildman–Crippen LogP) is 2.35. The average molecular weight is 455 g/mol. The fourth-order valence-electron chi connectivity index (χ4n) is 4.03. The van der Waals surface area contributed by atoms with Crippen molar-refractivity contribution < 1.29 is 18.0 Å². The highest BCUT2D eigenvalue weighted by Gasteiger charge is 2.32. The number of piperidine rings is 1. The third-order valence-corrected chi connectivity index (χ3v) is 7.84. The van der Waals surface area contributed by atoms with Crippen molar-refractivity contribution in [2.24, 2.45) is 13.0 Å². The zero-order valence-corrected chi connectivity index (χ0v) is 18.9. The summed E-state index contributed by atoms with van der Waals surface area (Å²) >= 11 is 0. The number of fused-ring (bicyclic) bond motifs is 1. The number of hydrogen-bond donors (Lipinski definition) is 2. The van der Waals surface area contributed by atoms with Gasteiger partial charge in [-0.2, -0.15) is 4.31 Å². The summed E-state index contributed by atoms with van der Waals surface area (Å²) in [5, 5.41) is 0.802. The van der Waals surface area contributed by atoms with Crippen LogP contribution in [0.4, 0.5) is 0 Å². The molecule has 2 heterocycles. The quantitative estimate of drug-likeness (QED) is 0.591. The monoisotopic (exact) mass is 454 g/mol. The molecule has 0 atom stereocenters. The number of amides is 2. The number of nitrogens with one attached hydrogen (secondary N) is 2. The Hall–Kier alpha value is -3.17. The second-order valence-corrected chi connectivity index (χ2v) is 10.0. The highest BCUT2D eigenvalue weighted by Crippen LogP contribution is 2.24. The number of carbonyl (C=O) groups excluding carboxylic acids is 2. The van der Waals surface area contributed by atoms with Crippen molar-refractivity contribution in [2.75, 3.05) is 13.1 Å². The fourth-order valence-corrected chi connectivity index (χ4v) is 5.50. The van der Waals surface area contributed by atoms with Crippen molar-refractivity contribution in [1.82, 2.24) is 19.7 Å². The lowest BCUT2D eigenvalue weighted by atomic mass is 9.98. The second-order valence-electron chi connectivity index (χ2n) is 8.11. The molecular formula is C23H26N4O4S. The molecule has 168 valence electrons. The van der Waals surface area contributed by atoms with Gasteiger partial charge in [-0.1, -0.05) is 35.9 Å². The summed E-state index contributed by atoms with van der Waals surface area (Å²) in [7, 11) is -1.72. The van der Waals surface area contributed by atoms with Crippen molar-refractivity contribution in [2.45, 2.75) is 24.7 Å². The SMILES string of the molecule is Cc1ccc(S(=O)(=O)N2CCC(C(=O)NNC(=O)c3cn(C)c4ccccc34)CC2)cc1. The lowest BCUT2D eigenvalue weighted by Crippen LogP contribution is -2.48. The van der Waals surface area contributed by atoms with Gasteiger partial charge in [-0.25, -0.2) is 8.42 Å². The molecule has 0 saturated carbocycles. The van der Waals surface area contributed by atoms with Crippen molar-refractivity contribution in [3.8, 4) is 0 Å². The minimum absolute atomic E-state index is 0.256. The first kappa shape index (κ1) is 22.0. The molecule has 1 saturated heterocycles. The molecule has 3 aromatic rings. The summed E-state index contributed by atoms with van der Waals surface area (Å²) in [6.45, 7) is 2.41. The number of sulfonamides is 1. The van der Waals surface area contributed by atoms with Crippen molar-refractivity contribution in [3.63, 3.8) is 0 Å². The zero-order valence-electron chi connectivity index (χ0n) is 18.0. The Morgan fingerprint density at radius 3 is 2.31 bits per heavy atom. The van der Waals surface area contributed by atoms with Crippen molar-refractivity contribution >= 4 is 32.7 Å². The summed E-state index contributed by atoms with van der Waals surface area (Å²) in [4.78, 5) is 25.4. The number of para-hydroxylation sites is 1. The fraction of sp³-hybridized carbons (Fsp3) is 0.304. The van der Waals surface area contributed by atoms with E-state index in [2.05, 4.69) is 10.9 Å². The Kier molecular flexibility index (Phi) is 6.03. The largest absolute Gasteiger partial charge is 0.350 e. The van der Waals surface area contributed by atoms with Crippen LogP contribution in [0.3, 0.4) is 0 Å². The molecule has 2 amide bonds. The minimum Gasteiger partial charge on any atom is -0.350 e. The van der Waals surface area contributed by atoms with Gasteiger partial charge in [0, 0.05) is 43.2 Å². The number of aromatic nitrogens is 1. The van der Waals surface area contributed by atoms with Crippen LogP contribution in [0.15, 0.2) is 59.6 Å². The first-order chi connectivity index (χ1) is 15.3. The van der Waals surface area contributed by atoms with Gasteiger partial charge in [0.1, 0.15) is 0 Å². The Morgan fingerprint density at radius 2 is 1.62 bits per heavy atom.